The Kier molecular flexibility index (Phi) is 8.26. The maximum absolute atomic E-state index is 12.2. The quantitative estimate of drug-likeness (QED) is 0.716. The van der Waals surface area contributed by atoms with Gasteiger partial charge in [-0.05, 0) is 36.2 Å². The summed E-state index contributed by atoms with van der Waals surface area (Å²) in [7, 11) is -3.44. The molecule has 0 aliphatic heterocycles. The molecule has 2 aromatic carbocycles. The maximum atomic E-state index is 12.2. The molecule has 0 aromatic heterocycles. The van der Waals surface area contributed by atoms with E-state index in [9.17, 15) is 8.42 Å². The van der Waals surface area contributed by atoms with Gasteiger partial charge in [-0.25, -0.2) is 13.1 Å². The van der Waals surface area contributed by atoms with Crippen molar-refractivity contribution in [3.63, 3.8) is 0 Å². The number of rotatable bonds is 8. The van der Waals surface area contributed by atoms with E-state index in [4.69, 9.17) is 0 Å². The summed E-state index contributed by atoms with van der Waals surface area (Å²) in [5.41, 5.74) is 2.08. The van der Waals surface area contributed by atoms with Crippen LogP contribution in [0.1, 0.15) is 13.3 Å². The third-order valence-corrected chi connectivity index (χ3v) is 4.77. The van der Waals surface area contributed by atoms with E-state index in [2.05, 4.69) is 17.0 Å². The minimum atomic E-state index is -3.44. The zero-order chi connectivity index (χ0) is 15.8. The predicted octanol–water partition coefficient (Wildman–Crippen LogP) is 3.05. The minimum Gasteiger partial charge on any atom is -0.315 e. The van der Waals surface area contributed by atoms with E-state index in [1.165, 1.54) is 0 Å². The van der Waals surface area contributed by atoms with E-state index in [0.717, 1.165) is 24.1 Å². The van der Waals surface area contributed by atoms with E-state index >= 15 is 0 Å². The molecule has 0 saturated carbocycles. The fourth-order valence-corrected chi connectivity index (χ4v) is 3.15. The lowest BCUT2D eigenvalue weighted by Gasteiger charge is -2.08. The highest BCUT2D eigenvalue weighted by Crippen LogP contribution is 2.20. The fourth-order valence-electron chi connectivity index (χ4n) is 2.12. The summed E-state index contributed by atoms with van der Waals surface area (Å²) >= 11 is 0. The summed E-state index contributed by atoms with van der Waals surface area (Å²) in [6.07, 6.45) is 1.04. The normalized spacial score (nSPS) is 11.0. The molecule has 0 heterocycles. The van der Waals surface area contributed by atoms with Gasteiger partial charge in [-0.1, -0.05) is 49.4 Å². The van der Waals surface area contributed by atoms with Gasteiger partial charge in [-0.15, -0.1) is 12.4 Å². The Balaban J connectivity index is 0.00000264. The van der Waals surface area contributed by atoms with Gasteiger partial charge in [0.05, 0.1) is 4.90 Å². The van der Waals surface area contributed by atoms with Crippen molar-refractivity contribution in [2.24, 2.45) is 0 Å². The Bertz CT molecular complexity index is 673. The first-order chi connectivity index (χ1) is 10.6. The summed E-state index contributed by atoms with van der Waals surface area (Å²) in [5, 5.41) is 3.16. The first kappa shape index (κ1) is 19.6. The smallest absolute Gasteiger partial charge is 0.240 e. The van der Waals surface area contributed by atoms with Crippen LogP contribution >= 0.6 is 12.4 Å². The van der Waals surface area contributed by atoms with Crippen molar-refractivity contribution in [1.29, 1.82) is 0 Å². The van der Waals surface area contributed by atoms with Gasteiger partial charge in [0, 0.05) is 13.1 Å². The average molecular weight is 355 g/mol. The Hall–Kier alpha value is -1.40. The molecule has 0 aliphatic carbocycles. The van der Waals surface area contributed by atoms with Crippen molar-refractivity contribution in [3.8, 4) is 11.1 Å². The van der Waals surface area contributed by atoms with Crippen LogP contribution in [0.15, 0.2) is 59.5 Å². The van der Waals surface area contributed by atoms with Crippen molar-refractivity contribution in [2.75, 3.05) is 19.6 Å². The molecule has 2 aromatic rings. The van der Waals surface area contributed by atoms with Crippen LogP contribution in [-0.2, 0) is 10.0 Å². The molecule has 0 saturated heterocycles. The molecule has 0 aliphatic rings. The number of sulfonamides is 1. The Morgan fingerprint density at radius 3 is 2.04 bits per heavy atom. The predicted molar refractivity (Wildman–Crippen MR) is 97.5 cm³/mol. The summed E-state index contributed by atoms with van der Waals surface area (Å²) in [5.74, 6) is 0. The van der Waals surface area contributed by atoms with Gasteiger partial charge in [0.25, 0.3) is 0 Å². The topological polar surface area (TPSA) is 58.2 Å². The molecular weight excluding hydrogens is 332 g/mol. The van der Waals surface area contributed by atoms with Gasteiger partial charge >= 0.3 is 0 Å². The standard InChI is InChI=1S/C17H22N2O2S.ClH/c1-2-12-18-13-14-19-22(20,21)17-10-8-16(9-11-17)15-6-4-3-5-7-15;/h3-11,18-19H,2,12-14H2,1H3;1H. The molecule has 0 bridgehead atoms. The monoisotopic (exact) mass is 354 g/mol. The summed E-state index contributed by atoms with van der Waals surface area (Å²) in [6, 6.07) is 16.8. The number of halogens is 1. The molecule has 126 valence electrons. The van der Waals surface area contributed by atoms with Crippen LogP contribution in [-0.4, -0.2) is 28.1 Å². The van der Waals surface area contributed by atoms with Crippen LogP contribution in [0.25, 0.3) is 11.1 Å². The molecule has 6 heteroatoms. The second-order valence-electron chi connectivity index (χ2n) is 5.04. The van der Waals surface area contributed by atoms with Crippen molar-refractivity contribution in [2.45, 2.75) is 18.2 Å². The van der Waals surface area contributed by atoms with E-state index in [1.54, 1.807) is 12.1 Å². The lowest BCUT2D eigenvalue weighted by atomic mass is 10.1. The highest BCUT2D eigenvalue weighted by molar-refractivity contribution is 7.89. The van der Waals surface area contributed by atoms with Crippen molar-refractivity contribution in [3.05, 3.63) is 54.6 Å². The summed E-state index contributed by atoms with van der Waals surface area (Å²) in [6.45, 7) is 4.00. The molecule has 0 unspecified atom stereocenters. The van der Waals surface area contributed by atoms with E-state index in [1.807, 2.05) is 42.5 Å². The number of hydrogen-bond donors (Lipinski definition) is 2. The molecule has 0 radical (unpaired) electrons. The molecule has 2 N–H and O–H groups in total. The van der Waals surface area contributed by atoms with Crippen LogP contribution in [0.2, 0.25) is 0 Å². The van der Waals surface area contributed by atoms with E-state index < -0.39 is 10.0 Å². The zero-order valence-corrected chi connectivity index (χ0v) is 14.8. The van der Waals surface area contributed by atoms with Gasteiger partial charge < -0.3 is 5.32 Å². The third-order valence-electron chi connectivity index (χ3n) is 3.29. The van der Waals surface area contributed by atoms with Crippen LogP contribution in [0.4, 0.5) is 0 Å². The van der Waals surface area contributed by atoms with Gasteiger partial charge in [-0.3, -0.25) is 0 Å². The largest absolute Gasteiger partial charge is 0.315 e. The highest BCUT2D eigenvalue weighted by atomic mass is 35.5. The van der Waals surface area contributed by atoms with Gasteiger partial charge in [-0.2, -0.15) is 0 Å². The average Bonchev–Trinajstić information content (AvgIpc) is 2.55. The Morgan fingerprint density at radius 1 is 0.826 bits per heavy atom. The molecule has 0 atom stereocenters. The second kappa shape index (κ2) is 9.67. The van der Waals surface area contributed by atoms with Crippen molar-refractivity contribution < 1.29 is 8.42 Å². The van der Waals surface area contributed by atoms with Gasteiger partial charge in [0.1, 0.15) is 0 Å². The SMILES string of the molecule is CCCNCCNS(=O)(=O)c1ccc(-c2ccccc2)cc1.Cl. The molecule has 23 heavy (non-hydrogen) atoms. The van der Waals surface area contributed by atoms with Crippen LogP contribution in [0, 0.1) is 0 Å². The lowest BCUT2D eigenvalue weighted by molar-refractivity contribution is 0.575. The fraction of sp³-hybridized carbons (Fsp3) is 0.294. The van der Waals surface area contributed by atoms with Gasteiger partial charge in [0.15, 0.2) is 0 Å². The van der Waals surface area contributed by atoms with Crippen molar-refractivity contribution >= 4 is 22.4 Å². The molecule has 2 rings (SSSR count). The molecule has 0 fully saturated rings. The van der Waals surface area contributed by atoms with Crippen LogP contribution in [0.3, 0.4) is 0 Å². The first-order valence-corrected chi connectivity index (χ1v) is 8.97. The maximum Gasteiger partial charge on any atom is 0.240 e. The summed E-state index contributed by atoms with van der Waals surface area (Å²) < 4.78 is 27.0. The molecular formula is C17H23ClN2O2S. The Morgan fingerprint density at radius 2 is 1.43 bits per heavy atom. The number of hydrogen-bond acceptors (Lipinski definition) is 3. The van der Waals surface area contributed by atoms with Crippen molar-refractivity contribution in [1.82, 2.24) is 10.0 Å². The number of nitrogens with one attached hydrogen (secondary N) is 2. The first-order valence-electron chi connectivity index (χ1n) is 7.49. The Labute approximate surface area is 144 Å². The highest BCUT2D eigenvalue weighted by Gasteiger charge is 2.12. The summed E-state index contributed by atoms with van der Waals surface area (Å²) in [4.78, 5) is 0.294. The molecule has 4 nitrogen and oxygen atoms in total. The third kappa shape index (κ3) is 5.95. The lowest BCUT2D eigenvalue weighted by Crippen LogP contribution is -2.32. The van der Waals surface area contributed by atoms with E-state index in [0.29, 0.717) is 18.0 Å². The van der Waals surface area contributed by atoms with E-state index in [-0.39, 0.29) is 12.4 Å². The zero-order valence-electron chi connectivity index (χ0n) is 13.2. The molecule has 0 spiro atoms. The second-order valence-corrected chi connectivity index (χ2v) is 6.81. The molecule has 0 amide bonds. The van der Waals surface area contributed by atoms with Gasteiger partial charge in [0.2, 0.25) is 10.0 Å². The number of benzene rings is 2. The van der Waals surface area contributed by atoms with Crippen LogP contribution in [0.5, 0.6) is 0 Å². The van der Waals surface area contributed by atoms with Crippen LogP contribution < -0.4 is 10.0 Å². The minimum absolute atomic E-state index is 0.